The summed E-state index contributed by atoms with van der Waals surface area (Å²) in [7, 11) is 0. The third-order valence-electron chi connectivity index (χ3n) is 1.66. The van der Waals surface area contributed by atoms with Crippen LogP contribution in [0.3, 0.4) is 0 Å². The summed E-state index contributed by atoms with van der Waals surface area (Å²) in [4.78, 5) is 0. The first-order valence-electron chi connectivity index (χ1n) is 2.86. The Kier molecular flexibility index (Phi) is 0.629. The van der Waals surface area contributed by atoms with E-state index >= 15 is 0 Å². The van der Waals surface area contributed by atoms with E-state index < -0.39 is 0 Å². The fraction of sp³-hybridized carbons (Fsp3) is 0.667. The Bertz CT molecular complexity index is 149. The van der Waals surface area contributed by atoms with Gasteiger partial charge in [-0.25, -0.2) is 0 Å². The van der Waals surface area contributed by atoms with Crippen molar-refractivity contribution in [2.45, 2.75) is 13.3 Å². The largest absolute Gasteiger partial charge is 0.458 e. The average Bonchev–Trinajstić information content (AvgIpc) is 2.09. The standard InChI is InChI=1S/C6H8O2/c1-4-2-5-6(4)8-3-7-5/h4H,2-3H2,1H3/t4-/m1/s1. The second kappa shape index (κ2) is 1.19. The van der Waals surface area contributed by atoms with Gasteiger partial charge in [-0.1, -0.05) is 6.92 Å². The summed E-state index contributed by atoms with van der Waals surface area (Å²) >= 11 is 0. The zero-order valence-electron chi connectivity index (χ0n) is 4.81. The predicted octanol–water partition coefficient (Wildman–Crippen LogP) is 1.24. The molecule has 0 bridgehead atoms. The topological polar surface area (TPSA) is 18.5 Å². The van der Waals surface area contributed by atoms with Crippen LogP contribution in [0, 0.1) is 5.92 Å². The molecule has 1 atom stereocenters. The molecule has 44 valence electrons. The molecule has 8 heavy (non-hydrogen) atoms. The molecular weight excluding hydrogens is 104 g/mol. The third kappa shape index (κ3) is 0.335. The quantitative estimate of drug-likeness (QED) is 0.469. The zero-order chi connectivity index (χ0) is 5.56. The van der Waals surface area contributed by atoms with E-state index in [2.05, 4.69) is 6.92 Å². The van der Waals surface area contributed by atoms with Crippen LogP contribution >= 0.6 is 0 Å². The van der Waals surface area contributed by atoms with Crippen molar-refractivity contribution in [1.82, 2.24) is 0 Å². The van der Waals surface area contributed by atoms with E-state index in [1.54, 1.807) is 0 Å². The van der Waals surface area contributed by atoms with Crippen LogP contribution in [0.2, 0.25) is 0 Å². The van der Waals surface area contributed by atoms with Gasteiger partial charge in [0.05, 0.1) is 0 Å². The number of hydrogen-bond donors (Lipinski definition) is 0. The van der Waals surface area contributed by atoms with Gasteiger partial charge in [0.15, 0.2) is 0 Å². The van der Waals surface area contributed by atoms with Crippen molar-refractivity contribution >= 4 is 0 Å². The van der Waals surface area contributed by atoms with E-state index in [-0.39, 0.29) is 0 Å². The lowest BCUT2D eigenvalue weighted by molar-refractivity contribution is 0.0768. The first kappa shape index (κ1) is 4.24. The van der Waals surface area contributed by atoms with Gasteiger partial charge in [0.2, 0.25) is 6.79 Å². The molecule has 2 aliphatic rings. The van der Waals surface area contributed by atoms with Crippen LogP contribution in [0.25, 0.3) is 0 Å². The Morgan fingerprint density at radius 2 is 2.38 bits per heavy atom. The molecule has 0 saturated heterocycles. The predicted molar refractivity (Wildman–Crippen MR) is 27.8 cm³/mol. The number of ether oxygens (including phenoxy) is 2. The van der Waals surface area contributed by atoms with Crippen molar-refractivity contribution in [1.29, 1.82) is 0 Å². The maximum absolute atomic E-state index is 5.12. The van der Waals surface area contributed by atoms with Crippen LogP contribution in [0.5, 0.6) is 0 Å². The van der Waals surface area contributed by atoms with E-state index in [1.807, 2.05) is 0 Å². The summed E-state index contributed by atoms with van der Waals surface area (Å²) in [5.74, 6) is 2.79. The molecule has 2 heteroatoms. The van der Waals surface area contributed by atoms with Crippen molar-refractivity contribution in [2.75, 3.05) is 6.79 Å². The van der Waals surface area contributed by atoms with Gasteiger partial charge in [-0.05, 0) is 0 Å². The second-order valence-corrected chi connectivity index (χ2v) is 2.30. The lowest BCUT2D eigenvalue weighted by atomic mass is 9.93. The van der Waals surface area contributed by atoms with Gasteiger partial charge in [-0.15, -0.1) is 0 Å². The Balaban J connectivity index is 2.24. The number of hydrogen-bond acceptors (Lipinski definition) is 2. The number of allylic oxidation sites excluding steroid dienone is 2. The maximum atomic E-state index is 5.12. The Morgan fingerprint density at radius 1 is 1.50 bits per heavy atom. The van der Waals surface area contributed by atoms with Crippen molar-refractivity contribution in [3.05, 3.63) is 11.5 Å². The van der Waals surface area contributed by atoms with Gasteiger partial charge in [0.25, 0.3) is 0 Å². The molecule has 1 aliphatic carbocycles. The first-order chi connectivity index (χ1) is 3.88. The van der Waals surface area contributed by atoms with E-state index in [4.69, 9.17) is 9.47 Å². The third-order valence-corrected chi connectivity index (χ3v) is 1.66. The smallest absolute Gasteiger partial charge is 0.230 e. The van der Waals surface area contributed by atoms with Crippen LogP contribution in [-0.2, 0) is 9.47 Å². The summed E-state index contributed by atoms with van der Waals surface area (Å²) in [6, 6.07) is 0. The highest BCUT2D eigenvalue weighted by Crippen LogP contribution is 2.39. The Morgan fingerprint density at radius 3 is 2.88 bits per heavy atom. The fourth-order valence-corrected chi connectivity index (χ4v) is 1.13. The lowest BCUT2D eigenvalue weighted by Crippen LogP contribution is -2.11. The number of rotatable bonds is 0. The molecule has 0 unspecified atom stereocenters. The summed E-state index contributed by atoms with van der Waals surface area (Å²) in [6.07, 6.45) is 1.08. The highest BCUT2D eigenvalue weighted by Gasteiger charge is 2.33. The van der Waals surface area contributed by atoms with Crippen LogP contribution in [0.1, 0.15) is 13.3 Å². The summed E-state index contributed by atoms with van der Waals surface area (Å²) in [5, 5.41) is 0. The minimum Gasteiger partial charge on any atom is -0.458 e. The molecule has 0 amide bonds. The van der Waals surface area contributed by atoms with Gasteiger partial charge in [-0.2, -0.15) is 0 Å². The minimum atomic E-state index is 0.453. The molecule has 0 saturated carbocycles. The first-order valence-corrected chi connectivity index (χ1v) is 2.86. The minimum absolute atomic E-state index is 0.453. The van der Waals surface area contributed by atoms with Gasteiger partial charge in [0, 0.05) is 12.3 Å². The van der Waals surface area contributed by atoms with Crippen molar-refractivity contribution in [2.24, 2.45) is 5.92 Å². The molecule has 0 radical (unpaired) electrons. The SMILES string of the molecule is C[C@@H]1CC2=C1OCO2. The molecule has 0 aromatic rings. The summed E-state index contributed by atoms with van der Waals surface area (Å²) in [5.41, 5.74) is 0. The van der Waals surface area contributed by atoms with Crippen LogP contribution < -0.4 is 0 Å². The van der Waals surface area contributed by atoms with Gasteiger partial charge < -0.3 is 9.47 Å². The fourth-order valence-electron chi connectivity index (χ4n) is 1.13. The Labute approximate surface area is 48.1 Å². The molecule has 0 aromatic carbocycles. The molecule has 0 N–H and O–H groups in total. The normalized spacial score (nSPS) is 32.9. The average molecular weight is 112 g/mol. The highest BCUT2D eigenvalue weighted by atomic mass is 16.7. The molecular formula is C6H8O2. The molecule has 0 spiro atoms. The van der Waals surface area contributed by atoms with Crippen molar-refractivity contribution in [3.63, 3.8) is 0 Å². The van der Waals surface area contributed by atoms with Crippen LogP contribution in [0.4, 0.5) is 0 Å². The molecule has 2 nitrogen and oxygen atoms in total. The monoisotopic (exact) mass is 112 g/mol. The summed E-state index contributed by atoms with van der Waals surface area (Å²) in [6.45, 7) is 2.60. The maximum Gasteiger partial charge on any atom is 0.230 e. The van der Waals surface area contributed by atoms with E-state index in [1.165, 1.54) is 0 Å². The van der Waals surface area contributed by atoms with Gasteiger partial charge >= 0.3 is 0 Å². The van der Waals surface area contributed by atoms with Gasteiger partial charge in [0.1, 0.15) is 11.5 Å². The van der Waals surface area contributed by atoms with E-state index in [9.17, 15) is 0 Å². The Hall–Kier alpha value is -0.660. The molecule has 2 rings (SSSR count). The van der Waals surface area contributed by atoms with Crippen LogP contribution in [-0.4, -0.2) is 6.79 Å². The second-order valence-electron chi connectivity index (χ2n) is 2.30. The molecule has 0 aromatic heterocycles. The van der Waals surface area contributed by atoms with E-state index in [0.29, 0.717) is 12.7 Å². The van der Waals surface area contributed by atoms with Crippen molar-refractivity contribution < 1.29 is 9.47 Å². The molecule has 1 aliphatic heterocycles. The molecule has 0 fully saturated rings. The zero-order valence-corrected chi connectivity index (χ0v) is 4.81. The lowest BCUT2D eigenvalue weighted by Gasteiger charge is -2.19. The highest BCUT2D eigenvalue weighted by molar-refractivity contribution is 5.19. The van der Waals surface area contributed by atoms with Gasteiger partial charge in [-0.3, -0.25) is 0 Å². The van der Waals surface area contributed by atoms with Crippen molar-refractivity contribution in [3.8, 4) is 0 Å². The van der Waals surface area contributed by atoms with E-state index in [0.717, 1.165) is 17.9 Å². The van der Waals surface area contributed by atoms with Crippen LogP contribution in [0.15, 0.2) is 11.5 Å². The summed E-state index contributed by atoms with van der Waals surface area (Å²) < 4.78 is 10.2. The molecule has 1 heterocycles.